The predicted molar refractivity (Wildman–Crippen MR) is 98.1 cm³/mol. The summed E-state index contributed by atoms with van der Waals surface area (Å²) >= 11 is 0. The molecular weight excluding hydrogens is 328 g/mol. The Kier molecular flexibility index (Phi) is 7.36. The number of hydrogen-bond acceptors (Lipinski definition) is 4. The molecule has 1 atom stereocenters. The lowest BCUT2D eigenvalue weighted by Crippen LogP contribution is -2.55. The maximum atomic E-state index is 12.6. The second-order valence-corrected chi connectivity index (χ2v) is 6.48. The van der Waals surface area contributed by atoms with Gasteiger partial charge in [-0.25, -0.2) is 0 Å². The molecule has 0 radical (unpaired) electrons. The van der Waals surface area contributed by atoms with Crippen LogP contribution < -0.4 is 20.5 Å². The fraction of sp³-hybridized carbons (Fsp3) is 0.611. The molecule has 1 unspecified atom stereocenters. The van der Waals surface area contributed by atoms with Gasteiger partial charge in [-0.3, -0.25) is 4.79 Å². The van der Waals surface area contributed by atoms with Gasteiger partial charge in [0.15, 0.2) is 11.5 Å². The molecule has 1 fully saturated rings. The van der Waals surface area contributed by atoms with Crippen molar-refractivity contribution < 1.29 is 14.3 Å². The Morgan fingerprint density at radius 3 is 2.25 bits per heavy atom. The average Bonchev–Trinajstić information content (AvgIpc) is 2.54. The lowest BCUT2D eigenvalue weighted by atomic mass is 9.81. The van der Waals surface area contributed by atoms with Crippen LogP contribution in [0.3, 0.4) is 0 Å². The molecule has 2 rings (SSSR count). The van der Waals surface area contributed by atoms with Crippen molar-refractivity contribution >= 4 is 18.3 Å². The fourth-order valence-electron chi connectivity index (χ4n) is 3.29. The number of hydrogen-bond donors (Lipinski definition) is 2. The number of aryl methyl sites for hydroxylation is 1. The van der Waals surface area contributed by atoms with E-state index in [-0.39, 0.29) is 24.4 Å². The van der Waals surface area contributed by atoms with Crippen molar-refractivity contribution in [3.63, 3.8) is 0 Å². The number of nitrogens with two attached hydrogens (primary N) is 1. The number of methoxy groups -OCH3 is 2. The van der Waals surface area contributed by atoms with Crippen LogP contribution in [0.2, 0.25) is 0 Å². The summed E-state index contributed by atoms with van der Waals surface area (Å²) in [4.78, 5) is 12.6. The lowest BCUT2D eigenvalue weighted by molar-refractivity contribution is -0.128. The Morgan fingerprint density at radius 1 is 1.17 bits per heavy atom. The lowest BCUT2D eigenvalue weighted by Gasteiger charge is -2.33. The minimum Gasteiger partial charge on any atom is -0.493 e. The van der Waals surface area contributed by atoms with Crippen molar-refractivity contribution in [2.75, 3.05) is 14.2 Å². The molecule has 1 saturated carbocycles. The second kappa shape index (κ2) is 8.58. The van der Waals surface area contributed by atoms with Crippen LogP contribution in [-0.4, -0.2) is 25.7 Å². The Hall–Kier alpha value is -1.46. The van der Waals surface area contributed by atoms with E-state index in [9.17, 15) is 4.79 Å². The van der Waals surface area contributed by atoms with E-state index in [1.165, 1.54) is 0 Å². The van der Waals surface area contributed by atoms with Crippen LogP contribution in [0.1, 0.15) is 56.2 Å². The third-order valence-electron chi connectivity index (χ3n) is 4.78. The predicted octanol–water partition coefficient (Wildman–Crippen LogP) is 3.27. The van der Waals surface area contributed by atoms with Gasteiger partial charge in [0.25, 0.3) is 0 Å². The molecular formula is C18H29ClN2O3. The standard InChI is InChI=1S/C18H28N2O3.ClH/c1-12-10-15(22-3)16(23-4)11-14(12)13(2)20-17(21)18(19)8-6-5-7-9-18;/h10-11,13H,5-9,19H2,1-4H3,(H,20,21);1H. The maximum Gasteiger partial charge on any atom is 0.240 e. The summed E-state index contributed by atoms with van der Waals surface area (Å²) in [6.45, 7) is 3.97. The Balaban J connectivity index is 0.00000288. The molecule has 1 amide bonds. The largest absolute Gasteiger partial charge is 0.493 e. The summed E-state index contributed by atoms with van der Waals surface area (Å²) in [6, 6.07) is 3.71. The number of halogens is 1. The molecule has 3 N–H and O–H groups in total. The van der Waals surface area contributed by atoms with E-state index in [1.807, 2.05) is 26.0 Å². The van der Waals surface area contributed by atoms with Crippen molar-refractivity contribution in [1.29, 1.82) is 0 Å². The zero-order chi connectivity index (χ0) is 17.0. The molecule has 1 aromatic rings. The van der Waals surface area contributed by atoms with E-state index < -0.39 is 5.54 Å². The van der Waals surface area contributed by atoms with E-state index in [0.717, 1.165) is 43.2 Å². The SMILES string of the molecule is COc1cc(C)c(C(C)NC(=O)C2(N)CCCCC2)cc1OC.Cl. The average molecular weight is 357 g/mol. The molecule has 24 heavy (non-hydrogen) atoms. The van der Waals surface area contributed by atoms with Gasteiger partial charge in [-0.2, -0.15) is 0 Å². The van der Waals surface area contributed by atoms with Crippen molar-refractivity contribution in [2.45, 2.75) is 57.5 Å². The molecule has 0 spiro atoms. The summed E-state index contributed by atoms with van der Waals surface area (Å²) < 4.78 is 10.7. The van der Waals surface area contributed by atoms with Crippen LogP contribution in [0.5, 0.6) is 11.5 Å². The zero-order valence-corrected chi connectivity index (χ0v) is 15.8. The Labute approximate surface area is 150 Å². The summed E-state index contributed by atoms with van der Waals surface area (Å²) in [6.07, 6.45) is 4.73. The molecule has 0 aromatic heterocycles. The molecule has 0 aliphatic heterocycles. The van der Waals surface area contributed by atoms with Crippen LogP contribution >= 0.6 is 12.4 Å². The van der Waals surface area contributed by atoms with Crippen molar-refractivity contribution in [3.8, 4) is 11.5 Å². The van der Waals surface area contributed by atoms with E-state index in [0.29, 0.717) is 11.5 Å². The molecule has 0 saturated heterocycles. The van der Waals surface area contributed by atoms with E-state index >= 15 is 0 Å². The topological polar surface area (TPSA) is 73.6 Å². The highest BCUT2D eigenvalue weighted by Crippen LogP contribution is 2.33. The molecule has 1 aromatic carbocycles. The number of carbonyl (C=O) groups is 1. The number of benzene rings is 1. The third kappa shape index (κ3) is 4.33. The van der Waals surface area contributed by atoms with Crippen LogP contribution in [0, 0.1) is 6.92 Å². The first-order valence-corrected chi connectivity index (χ1v) is 8.23. The van der Waals surface area contributed by atoms with Gasteiger partial charge in [0.05, 0.1) is 25.8 Å². The minimum atomic E-state index is -0.725. The van der Waals surface area contributed by atoms with Crippen LogP contribution in [0.4, 0.5) is 0 Å². The number of amides is 1. The van der Waals surface area contributed by atoms with Gasteiger partial charge >= 0.3 is 0 Å². The summed E-state index contributed by atoms with van der Waals surface area (Å²) in [5, 5.41) is 3.08. The van der Waals surface area contributed by atoms with E-state index in [2.05, 4.69) is 5.32 Å². The molecule has 6 heteroatoms. The highest BCUT2D eigenvalue weighted by atomic mass is 35.5. The van der Waals surface area contributed by atoms with Crippen LogP contribution in [0.15, 0.2) is 12.1 Å². The first-order valence-electron chi connectivity index (χ1n) is 8.23. The molecule has 0 heterocycles. The number of ether oxygens (including phenoxy) is 2. The number of carbonyl (C=O) groups excluding carboxylic acids is 1. The van der Waals surface area contributed by atoms with Crippen LogP contribution in [0.25, 0.3) is 0 Å². The fourth-order valence-corrected chi connectivity index (χ4v) is 3.29. The smallest absolute Gasteiger partial charge is 0.240 e. The molecule has 136 valence electrons. The highest BCUT2D eigenvalue weighted by molar-refractivity contribution is 5.86. The molecule has 0 bridgehead atoms. The van der Waals surface area contributed by atoms with E-state index in [1.54, 1.807) is 14.2 Å². The van der Waals surface area contributed by atoms with Crippen LogP contribution in [-0.2, 0) is 4.79 Å². The highest BCUT2D eigenvalue weighted by Gasteiger charge is 2.36. The first kappa shape index (κ1) is 20.6. The molecule has 5 nitrogen and oxygen atoms in total. The maximum absolute atomic E-state index is 12.6. The van der Waals surface area contributed by atoms with Gasteiger partial charge in [-0.05, 0) is 49.9 Å². The minimum absolute atomic E-state index is 0. The zero-order valence-electron chi connectivity index (χ0n) is 15.0. The summed E-state index contributed by atoms with van der Waals surface area (Å²) in [7, 11) is 3.22. The Bertz CT molecular complexity index is 572. The monoisotopic (exact) mass is 356 g/mol. The third-order valence-corrected chi connectivity index (χ3v) is 4.78. The summed E-state index contributed by atoms with van der Waals surface area (Å²) in [5.41, 5.74) is 7.64. The Morgan fingerprint density at radius 2 is 1.71 bits per heavy atom. The number of nitrogens with one attached hydrogen (secondary N) is 1. The van der Waals surface area contributed by atoms with Crippen molar-refractivity contribution in [3.05, 3.63) is 23.3 Å². The van der Waals surface area contributed by atoms with Gasteiger partial charge in [-0.15, -0.1) is 12.4 Å². The van der Waals surface area contributed by atoms with Crippen molar-refractivity contribution in [2.24, 2.45) is 5.73 Å². The van der Waals surface area contributed by atoms with Gasteiger partial charge < -0.3 is 20.5 Å². The second-order valence-electron chi connectivity index (χ2n) is 6.48. The molecule has 1 aliphatic rings. The quantitative estimate of drug-likeness (QED) is 0.849. The van der Waals surface area contributed by atoms with E-state index in [4.69, 9.17) is 15.2 Å². The normalized spacial score (nSPS) is 17.4. The number of rotatable bonds is 5. The van der Waals surface area contributed by atoms with Gasteiger partial charge in [0, 0.05) is 0 Å². The van der Waals surface area contributed by atoms with Crippen molar-refractivity contribution in [1.82, 2.24) is 5.32 Å². The van der Waals surface area contributed by atoms with Gasteiger partial charge in [0.1, 0.15) is 0 Å². The summed E-state index contributed by atoms with van der Waals surface area (Å²) in [5.74, 6) is 1.29. The molecule has 1 aliphatic carbocycles. The van der Waals surface area contributed by atoms with Gasteiger partial charge in [0.2, 0.25) is 5.91 Å². The van der Waals surface area contributed by atoms with Gasteiger partial charge in [-0.1, -0.05) is 19.3 Å². The first-order chi connectivity index (χ1) is 10.9.